The van der Waals surface area contributed by atoms with Crippen LogP contribution in [0.4, 0.5) is 0 Å². The molecule has 0 radical (unpaired) electrons. The summed E-state index contributed by atoms with van der Waals surface area (Å²) in [5.74, 6) is 0. The highest BCUT2D eigenvalue weighted by atomic mass is 13.9. The van der Waals surface area contributed by atoms with Crippen LogP contribution in [0.2, 0.25) is 0 Å². The fourth-order valence-corrected chi connectivity index (χ4v) is 0.479. The molecule has 0 saturated carbocycles. The third-order valence-corrected chi connectivity index (χ3v) is 0.957. The molecule has 0 N–H and O–H groups in total. The molecular weight excluding hydrogens is 96.1 g/mol. The second kappa shape index (κ2) is 6.74. The van der Waals surface area contributed by atoms with Gasteiger partial charge < -0.3 is 0 Å². The molecule has 0 aromatic heterocycles. The highest BCUT2D eigenvalue weighted by molar-refractivity contribution is 4.86. The average Bonchev–Trinajstić information content (AvgIpc) is 1.61. The lowest BCUT2D eigenvalue weighted by Crippen LogP contribution is -1.71. The van der Waals surface area contributed by atoms with E-state index in [9.17, 15) is 0 Å². The molecule has 8 heavy (non-hydrogen) atoms. The van der Waals surface area contributed by atoms with Gasteiger partial charge in [0.25, 0.3) is 0 Å². The lowest BCUT2D eigenvalue weighted by atomic mass is 10.2. The van der Waals surface area contributed by atoms with Crippen LogP contribution in [0.25, 0.3) is 0 Å². The number of unbranched alkanes of at least 4 members (excludes halogenated alkanes) is 1. The van der Waals surface area contributed by atoms with E-state index in [4.69, 9.17) is 0 Å². The Labute approximate surface area is 53.6 Å². The van der Waals surface area contributed by atoms with E-state index in [1.165, 1.54) is 24.8 Å². The normalized spacial score (nSPS) is 7.75. The van der Waals surface area contributed by atoms with Gasteiger partial charge >= 0.3 is 0 Å². The number of hydrogen-bond donors (Lipinski definition) is 0. The van der Waals surface area contributed by atoms with Crippen molar-refractivity contribution in [3.05, 3.63) is 12.2 Å². The Balaban J connectivity index is 0. The molecule has 0 spiro atoms. The molecule has 0 fully saturated rings. The molecule has 0 atom stereocenters. The zero-order valence-electron chi connectivity index (χ0n) is 5.33. The van der Waals surface area contributed by atoms with Gasteiger partial charge in [0.15, 0.2) is 0 Å². The maximum absolute atomic E-state index is 3.79. The van der Waals surface area contributed by atoms with E-state index in [0.29, 0.717) is 0 Å². The number of allylic oxidation sites excluding steroid dienone is 1. The Hall–Kier alpha value is -0.260. The van der Waals surface area contributed by atoms with E-state index in [2.05, 4.69) is 20.4 Å². The first-order chi connectivity index (χ1) is 3.27. The fourth-order valence-electron chi connectivity index (χ4n) is 0.479. The third-order valence-electron chi connectivity index (χ3n) is 0.957. The molecule has 0 heteroatoms. The second-order valence-electron chi connectivity index (χ2n) is 2.06. The van der Waals surface area contributed by atoms with Gasteiger partial charge in [-0.15, -0.1) is 6.58 Å². The summed E-state index contributed by atoms with van der Waals surface area (Å²) in [7, 11) is 0. The summed E-state index contributed by atoms with van der Waals surface area (Å²) in [4.78, 5) is 0. The Morgan fingerprint density at radius 2 is 2.00 bits per heavy atom. The summed E-state index contributed by atoms with van der Waals surface area (Å²) in [6.07, 6.45) is 3.79. The minimum absolute atomic E-state index is 0. The smallest absolute Gasteiger partial charge is 0.0326 e. The van der Waals surface area contributed by atoms with Crippen molar-refractivity contribution < 1.29 is 0 Å². The maximum Gasteiger partial charge on any atom is -0.0326 e. The third kappa shape index (κ3) is 9.22. The van der Waals surface area contributed by atoms with Crippen LogP contribution in [0, 0.1) is 0 Å². The molecule has 0 aromatic carbocycles. The van der Waals surface area contributed by atoms with Crippen LogP contribution in [0.15, 0.2) is 12.2 Å². The van der Waals surface area contributed by atoms with Crippen LogP contribution in [0.1, 0.15) is 40.5 Å². The molecule has 0 amide bonds. The average molecular weight is 114 g/mol. The van der Waals surface area contributed by atoms with E-state index < -0.39 is 0 Å². The monoisotopic (exact) mass is 114 g/mol. The van der Waals surface area contributed by atoms with Crippen LogP contribution < -0.4 is 0 Å². The molecule has 0 nitrogen and oxygen atoms in total. The highest BCUT2D eigenvalue weighted by Gasteiger charge is 1.81. The minimum atomic E-state index is 0. The first kappa shape index (κ1) is 10.7. The van der Waals surface area contributed by atoms with Crippen LogP contribution in [-0.4, -0.2) is 0 Å². The second-order valence-corrected chi connectivity index (χ2v) is 2.06. The Bertz CT molecular complexity index is 53.1. The molecule has 0 unspecified atom stereocenters. The van der Waals surface area contributed by atoms with Crippen molar-refractivity contribution in [2.24, 2.45) is 0 Å². The van der Waals surface area contributed by atoms with Crippen molar-refractivity contribution in [2.45, 2.75) is 40.5 Å². The van der Waals surface area contributed by atoms with Gasteiger partial charge in [-0.3, -0.25) is 0 Å². The summed E-state index contributed by atoms with van der Waals surface area (Å²) in [5.41, 5.74) is 1.31. The van der Waals surface area contributed by atoms with Gasteiger partial charge in [0.1, 0.15) is 0 Å². The number of hydrogen-bond acceptors (Lipinski definition) is 0. The predicted molar refractivity (Wildman–Crippen MR) is 41.1 cm³/mol. The van der Waals surface area contributed by atoms with Crippen LogP contribution in [0.5, 0.6) is 0 Å². The molecule has 0 aromatic rings. The SMILES string of the molecule is C.C=C(C)CCCC. The summed E-state index contributed by atoms with van der Waals surface area (Å²) in [5, 5.41) is 0. The van der Waals surface area contributed by atoms with Crippen molar-refractivity contribution in [2.75, 3.05) is 0 Å². The maximum atomic E-state index is 3.79. The van der Waals surface area contributed by atoms with Gasteiger partial charge in [0, 0.05) is 0 Å². The summed E-state index contributed by atoms with van der Waals surface area (Å²) in [6, 6.07) is 0. The highest BCUT2D eigenvalue weighted by Crippen LogP contribution is 2.01. The van der Waals surface area contributed by atoms with E-state index in [0.717, 1.165) is 0 Å². The van der Waals surface area contributed by atoms with Gasteiger partial charge in [-0.1, -0.05) is 26.3 Å². The molecule has 0 aliphatic rings. The first-order valence-electron chi connectivity index (χ1n) is 2.91. The van der Waals surface area contributed by atoms with Crippen LogP contribution >= 0.6 is 0 Å². The van der Waals surface area contributed by atoms with Gasteiger partial charge in [0.2, 0.25) is 0 Å². The van der Waals surface area contributed by atoms with Gasteiger partial charge in [-0.25, -0.2) is 0 Å². The van der Waals surface area contributed by atoms with Crippen molar-refractivity contribution in [3.63, 3.8) is 0 Å². The molecule has 0 saturated heterocycles. The lowest BCUT2D eigenvalue weighted by Gasteiger charge is -1.91. The van der Waals surface area contributed by atoms with Gasteiger partial charge in [-0.05, 0) is 19.8 Å². The minimum Gasteiger partial charge on any atom is -0.100 e. The summed E-state index contributed by atoms with van der Waals surface area (Å²) >= 11 is 0. The van der Waals surface area contributed by atoms with E-state index in [1.807, 2.05) is 0 Å². The van der Waals surface area contributed by atoms with E-state index in [-0.39, 0.29) is 7.43 Å². The van der Waals surface area contributed by atoms with Crippen molar-refractivity contribution >= 4 is 0 Å². The van der Waals surface area contributed by atoms with E-state index >= 15 is 0 Å². The van der Waals surface area contributed by atoms with Crippen molar-refractivity contribution in [1.82, 2.24) is 0 Å². The molecule has 0 aliphatic carbocycles. The molecule has 0 heterocycles. The summed E-state index contributed by atoms with van der Waals surface area (Å²) < 4.78 is 0. The Morgan fingerprint density at radius 3 is 2.12 bits per heavy atom. The molecule has 0 rings (SSSR count). The largest absolute Gasteiger partial charge is 0.100 e. The molecule has 0 bridgehead atoms. The van der Waals surface area contributed by atoms with Crippen molar-refractivity contribution in [1.29, 1.82) is 0 Å². The molecular formula is C8H18. The topological polar surface area (TPSA) is 0 Å². The zero-order valence-corrected chi connectivity index (χ0v) is 5.33. The van der Waals surface area contributed by atoms with E-state index in [1.54, 1.807) is 0 Å². The predicted octanol–water partition coefficient (Wildman–Crippen LogP) is 3.39. The number of rotatable bonds is 3. The van der Waals surface area contributed by atoms with Gasteiger partial charge in [-0.2, -0.15) is 0 Å². The summed E-state index contributed by atoms with van der Waals surface area (Å²) in [6.45, 7) is 8.07. The quantitative estimate of drug-likeness (QED) is 0.493. The zero-order chi connectivity index (χ0) is 5.70. The van der Waals surface area contributed by atoms with Gasteiger partial charge in [0.05, 0.1) is 0 Å². The first-order valence-corrected chi connectivity index (χ1v) is 2.91. The fraction of sp³-hybridized carbons (Fsp3) is 0.750. The Morgan fingerprint density at radius 1 is 1.50 bits per heavy atom. The van der Waals surface area contributed by atoms with Crippen molar-refractivity contribution in [3.8, 4) is 0 Å². The van der Waals surface area contributed by atoms with Crippen LogP contribution in [-0.2, 0) is 0 Å². The van der Waals surface area contributed by atoms with Crippen LogP contribution in [0.3, 0.4) is 0 Å². The molecule has 50 valence electrons. The Kier molecular flexibility index (Phi) is 8.99. The standard InChI is InChI=1S/C7H14.CH4/c1-4-5-6-7(2)3;/h2,4-6H2,1,3H3;1H4. The molecule has 0 aliphatic heterocycles. The lowest BCUT2D eigenvalue weighted by molar-refractivity contribution is 0.789.